The van der Waals surface area contributed by atoms with Crippen LogP contribution >= 0.6 is 15.6 Å². The van der Waals surface area contributed by atoms with E-state index in [1.165, 1.54) is 225 Å². The van der Waals surface area contributed by atoms with Crippen LogP contribution in [-0.2, 0) is 65.4 Å². The Morgan fingerprint density at radius 2 is 0.526 bits per heavy atom. The maximum atomic E-state index is 13.1. The normalized spacial score (nSPS) is 14.2. The van der Waals surface area contributed by atoms with Gasteiger partial charge in [-0.1, -0.05) is 356 Å². The van der Waals surface area contributed by atoms with Gasteiger partial charge in [-0.15, -0.1) is 0 Å². The van der Waals surface area contributed by atoms with Crippen molar-refractivity contribution in [2.75, 3.05) is 39.6 Å². The number of phosphoric acid groups is 2. The first-order chi connectivity index (χ1) is 46.9. The average molecular weight is 1420 g/mol. The van der Waals surface area contributed by atoms with Crippen LogP contribution in [0.25, 0.3) is 0 Å². The average Bonchev–Trinajstić information content (AvgIpc) is 3.63. The van der Waals surface area contributed by atoms with Crippen molar-refractivity contribution in [1.29, 1.82) is 0 Å². The predicted molar refractivity (Wildman–Crippen MR) is 395 cm³/mol. The van der Waals surface area contributed by atoms with Gasteiger partial charge in [0.05, 0.1) is 26.4 Å². The lowest BCUT2D eigenvalue weighted by atomic mass is 9.99. The zero-order valence-electron chi connectivity index (χ0n) is 63.4. The third-order valence-corrected chi connectivity index (χ3v) is 20.5. The molecule has 97 heavy (non-hydrogen) atoms. The molecule has 0 aliphatic carbocycles. The van der Waals surface area contributed by atoms with Crippen molar-refractivity contribution in [3.63, 3.8) is 0 Å². The first-order valence-electron chi connectivity index (χ1n) is 40.5. The highest BCUT2D eigenvalue weighted by Gasteiger charge is 2.30. The number of carbonyl (C=O) groups is 4. The van der Waals surface area contributed by atoms with Crippen molar-refractivity contribution in [3.8, 4) is 0 Å². The molecule has 0 aliphatic heterocycles. The van der Waals surface area contributed by atoms with E-state index in [0.717, 1.165) is 102 Å². The van der Waals surface area contributed by atoms with Crippen LogP contribution in [0.3, 0.4) is 0 Å². The van der Waals surface area contributed by atoms with Crippen molar-refractivity contribution in [3.05, 3.63) is 0 Å². The Morgan fingerprint density at radius 3 is 0.784 bits per heavy atom. The smallest absolute Gasteiger partial charge is 0.462 e. The van der Waals surface area contributed by atoms with E-state index < -0.39 is 97.5 Å². The molecule has 0 radical (unpaired) electrons. The molecule has 576 valence electrons. The monoisotopic (exact) mass is 1420 g/mol. The number of aliphatic hydroxyl groups excluding tert-OH is 1. The fraction of sp³-hybridized carbons (Fsp3) is 0.949. The number of rotatable bonds is 77. The highest BCUT2D eigenvalue weighted by atomic mass is 31.2. The third kappa shape index (κ3) is 70.9. The Bertz CT molecular complexity index is 1870. The summed E-state index contributed by atoms with van der Waals surface area (Å²) in [6.07, 6.45) is 58.1. The SMILES string of the molecule is CCCCCCCCCCCCCCCC(=O)OC[C@H](COP(=O)(O)OC[C@@H](O)COP(=O)(O)OC[C@@H](COC(=O)CCCCCCCCCCC(C)CC)OC(=O)CCCCCCCCCCCCCCC)OC(=O)CCCCCCCCCCCCCCCCCCC(C)C. The summed E-state index contributed by atoms with van der Waals surface area (Å²) in [4.78, 5) is 72.9. The molecule has 17 nitrogen and oxygen atoms in total. The Balaban J connectivity index is 5.25. The highest BCUT2D eigenvalue weighted by molar-refractivity contribution is 7.47. The van der Waals surface area contributed by atoms with Crippen molar-refractivity contribution >= 4 is 39.5 Å². The molecule has 0 spiro atoms. The van der Waals surface area contributed by atoms with E-state index in [1.54, 1.807) is 0 Å². The molecule has 0 aromatic rings. The second kappa shape index (κ2) is 69.8. The molecule has 6 atom stereocenters. The minimum atomic E-state index is -4.96. The van der Waals surface area contributed by atoms with Crippen LogP contribution in [-0.4, -0.2) is 96.7 Å². The third-order valence-electron chi connectivity index (χ3n) is 18.6. The zero-order valence-corrected chi connectivity index (χ0v) is 65.2. The van der Waals surface area contributed by atoms with Gasteiger partial charge in [-0.3, -0.25) is 37.3 Å². The summed E-state index contributed by atoms with van der Waals surface area (Å²) in [5.41, 5.74) is 0. The second-order valence-electron chi connectivity index (χ2n) is 28.8. The summed E-state index contributed by atoms with van der Waals surface area (Å²) in [7, 11) is -9.91. The number of hydrogen-bond donors (Lipinski definition) is 3. The minimum absolute atomic E-state index is 0.107. The molecule has 0 bridgehead atoms. The quantitative estimate of drug-likeness (QED) is 0.0222. The lowest BCUT2D eigenvalue weighted by Gasteiger charge is -2.21. The minimum Gasteiger partial charge on any atom is -0.462 e. The van der Waals surface area contributed by atoms with Crippen LogP contribution in [0, 0.1) is 11.8 Å². The van der Waals surface area contributed by atoms with Gasteiger partial charge in [0.25, 0.3) is 0 Å². The number of esters is 4. The molecule has 0 saturated heterocycles. The van der Waals surface area contributed by atoms with E-state index in [-0.39, 0.29) is 25.7 Å². The number of phosphoric ester groups is 2. The van der Waals surface area contributed by atoms with E-state index in [0.29, 0.717) is 25.7 Å². The largest absolute Gasteiger partial charge is 0.472 e. The fourth-order valence-electron chi connectivity index (χ4n) is 12.0. The maximum absolute atomic E-state index is 13.1. The van der Waals surface area contributed by atoms with Gasteiger partial charge < -0.3 is 33.8 Å². The van der Waals surface area contributed by atoms with E-state index in [9.17, 15) is 43.2 Å². The van der Waals surface area contributed by atoms with Crippen LogP contribution in [0.5, 0.6) is 0 Å². The summed E-state index contributed by atoms with van der Waals surface area (Å²) in [6, 6.07) is 0. The standard InChI is InChI=1S/C78H152O17P2/c1-7-10-12-14-16-18-20-26-31-35-42-48-54-60-75(80)88-66-73(94-78(83)63-57-51-45-37-33-29-25-23-22-24-28-30-34-40-46-52-58-70(4)5)68-92-96(84,85)90-64-72(79)65-91-97(86,87)93-69-74(67-89-76(81)61-55-49-43-39-38-41-47-53-59-71(6)9-3)95-77(82)62-56-50-44-36-32-27-21-19-17-15-13-11-8-2/h70-74,79H,7-69H2,1-6H3,(H,84,85)(H,86,87)/t71?,72-,73-,74-/m1/s1. The Kier molecular flexibility index (Phi) is 68.4. The van der Waals surface area contributed by atoms with E-state index in [4.69, 9.17) is 37.0 Å². The second-order valence-corrected chi connectivity index (χ2v) is 31.7. The van der Waals surface area contributed by atoms with Crippen molar-refractivity contribution in [2.45, 2.75) is 426 Å². The molecular formula is C78H152O17P2. The summed E-state index contributed by atoms with van der Waals surface area (Å²) < 4.78 is 68.6. The van der Waals surface area contributed by atoms with Gasteiger partial charge in [0.2, 0.25) is 0 Å². The predicted octanol–water partition coefficient (Wildman–Crippen LogP) is 23.1. The highest BCUT2D eigenvalue weighted by Crippen LogP contribution is 2.45. The van der Waals surface area contributed by atoms with Crippen molar-refractivity contribution in [1.82, 2.24) is 0 Å². The van der Waals surface area contributed by atoms with Crippen molar-refractivity contribution < 1.29 is 80.2 Å². The van der Waals surface area contributed by atoms with Gasteiger partial charge in [0.15, 0.2) is 12.2 Å². The van der Waals surface area contributed by atoms with Gasteiger partial charge in [0, 0.05) is 25.7 Å². The number of ether oxygens (including phenoxy) is 4. The Hall–Kier alpha value is -1.94. The Morgan fingerprint density at radius 1 is 0.299 bits per heavy atom. The van der Waals surface area contributed by atoms with E-state index in [2.05, 4.69) is 41.5 Å². The summed E-state index contributed by atoms with van der Waals surface area (Å²) in [5.74, 6) is -0.523. The molecule has 0 aromatic carbocycles. The summed E-state index contributed by atoms with van der Waals surface area (Å²) in [6.45, 7) is 9.65. The van der Waals surface area contributed by atoms with Gasteiger partial charge in [0.1, 0.15) is 19.3 Å². The van der Waals surface area contributed by atoms with Crippen LogP contribution in [0.15, 0.2) is 0 Å². The number of carbonyl (C=O) groups excluding carboxylic acids is 4. The lowest BCUT2D eigenvalue weighted by Crippen LogP contribution is -2.30. The molecule has 3 N–H and O–H groups in total. The first-order valence-corrected chi connectivity index (χ1v) is 43.5. The number of aliphatic hydroxyl groups is 1. The van der Waals surface area contributed by atoms with Gasteiger partial charge >= 0.3 is 39.5 Å². The van der Waals surface area contributed by atoms with Gasteiger partial charge in [-0.05, 0) is 37.5 Å². The molecule has 0 aliphatic rings. The molecule has 0 saturated carbocycles. The van der Waals surface area contributed by atoms with Gasteiger partial charge in [-0.2, -0.15) is 0 Å². The van der Waals surface area contributed by atoms with Crippen LogP contribution in [0.4, 0.5) is 0 Å². The molecule has 19 heteroatoms. The fourth-order valence-corrected chi connectivity index (χ4v) is 13.6. The lowest BCUT2D eigenvalue weighted by molar-refractivity contribution is -0.161. The number of unbranched alkanes of at least 4 members (excludes halogenated alkanes) is 46. The van der Waals surface area contributed by atoms with Crippen LogP contribution in [0.2, 0.25) is 0 Å². The Labute approximate surface area is 594 Å². The number of hydrogen-bond acceptors (Lipinski definition) is 15. The molecule has 0 heterocycles. The molecule has 0 fully saturated rings. The molecule has 0 amide bonds. The summed E-state index contributed by atoms with van der Waals surface area (Å²) in [5, 5.41) is 10.6. The van der Waals surface area contributed by atoms with E-state index >= 15 is 0 Å². The van der Waals surface area contributed by atoms with Crippen LogP contribution in [0.1, 0.15) is 408 Å². The zero-order chi connectivity index (χ0) is 71.4. The van der Waals surface area contributed by atoms with Gasteiger partial charge in [-0.25, -0.2) is 9.13 Å². The first kappa shape index (κ1) is 95.1. The molecule has 3 unspecified atom stereocenters. The van der Waals surface area contributed by atoms with Crippen molar-refractivity contribution in [2.24, 2.45) is 11.8 Å². The van der Waals surface area contributed by atoms with E-state index in [1.807, 2.05) is 0 Å². The topological polar surface area (TPSA) is 237 Å². The molecular weight excluding hydrogens is 1270 g/mol. The molecule has 0 rings (SSSR count). The van der Waals surface area contributed by atoms with Crippen LogP contribution < -0.4 is 0 Å². The summed E-state index contributed by atoms with van der Waals surface area (Å²) >= 11 is 0. The molecule has 0 aromatic heterocycles. The maximum Gasteiger partial charge on any atom is 0.472 e.